The number of hydrogen-bond donors (Lipinski definition) is 0. The molecule has 1 aromatic heterocycles. The van der Waals surface area contributed by atoms with E-state index in [-0.39, 0.29) is 17.0 Å². The lowest BCUT2D eigenvalue weighted by atomic mass is 9.70. The molecule has 2 rings (SSSR count). The molecule has 0 radical (unpaired) electrons. The minimum Gasteiger partial charge on any atom is -0.298 e. The number of aryl methyl sites for hydroxylation is 2. The topological polar surface area (TPSA) is 47.0 Å². The minimum atomic E-state index is -0.640. The highest BCUT2D eigenvalue weighted by Gasteiger charge is 2.41. The van der Waals surface area contributed by atoms with Gasteiger partial charge in [0.25, 0.3) is 0 Å². The zero-order chi connectivity index (χ0) is 13.5. The van der Waals surface area contributed by atoms with Crippen molar-refractivity contribution in [2.75, 3.05) is 0 Å². The first-order valence-electron chi connectivity index (χ1n) is 6.29. The number of carbonyl (C=O) groups is 2. The molecular weight excluding hydrogens is 226 g/mol. The minimum absolute atomic E-state index is 0.00991. The van der Waals surface area contributed by atoms with Crippen LogP contribution in [0.25, 0.3) is 0 Å². The smallest absolute Gasteiger partial charge is 0.149 e. The molecule has 1 saturated carbocycles. The van der Waals surface area contributed by atoms with Gasteiger partial charge in [-0.05, 0) is 30.4 Å². The summed E-state index contributed by atoms with van der Waals surface area (Å²) in [5.41, 5.74) is 2.42. The van der Waals surface area contributed by atoms with Crippen LogP contribution in [0, 0.1) is 19.3 Å². The lowest BCUT2D eigenvalue weighted by Gasteiger charge is -2.32. The van der Waals surface area contributed by atoms with Crippen LogP contribution in [0.4, 0.5) is 0 Å². The molecule has 1 heterocycles. The van der Waals surface area contributed by atoms with Crippen LogP contribution in [0.5, 0.6) is 0 Å². The fourth-order valence-electron chi connectivity index (χ4n) is 2.72. The van der Waals surface area contributed by atoms with Crippen molar-refractivity contribution in [2.45, 2.75) is 46.5 Å². The molecule has 1 aliphatic carbocycles. The van der Waals surface area contributed by atoms with E-state index in [0.717, 1.165) is 11.1 Å². The summed E-state index contributed by atoms with van der Waals surface area (Å²) in [5, 5.41) is 0. The molecule has 0 N–H and O–H groups in total. The standard InChI is InChI=1S/C15H19NO2/c1-9-5-10(2)14(16-8-9)13-11(17)6-15(3,4)7-12(13)18/h5,8,13H,6-7H2,1-4H3. The van der Waals surface area contributed by atoms with Crippen molar-refractivity contribution in [2.24, 2.45) is 5.41 Å². The highest BCUT2D eigenvalue weighted by molar-refractivity contribution is 6.09. The first kappa shape index (κ1) is 12.9. The Morgan fingerprint density at radius 3 is 2.22 bits per heavy atom. The van der Waals surface area contributed by atoms with Crippen molar-refractivity contribution in [3.8, 4) is 0 Å². The number of aromatic nitrogens is 1. The van der Waals surface area contributed by atoms with Gasteiger partial charge in [-0.1, -0.05) is 19.9 Å². The molecule has 3 nitrogen and oxygen atoms in total. The predicted molar refractivity (Wildman–Crippen MR) is 69.5 cm³/mol. The molecule has 0 atom stereocenters. The van der Waals surface area contributed by atoms with E-state index in [0.29, 0.717) is 18.5 Å². The van der Waals surface area contributed by atoms with Crippen LogP contribution in [0.1, 0.15) is 49.4 Å². The highest BCUT2D eigenvalue weighted by Crippen LogP contribution is 2.38. The van der Waals surface area contributed by atoms with E-state index in [2.05, 4.69) is 4.98 Å². The largest absolute Gasteiger partial charge is 0.298 e. The monoisotopic (exact) mass is 245 g/mol. The van der Waals surface area contributed by atoms with Crippen LogP contribution in [0.3, 0.4) is 0 Å². The first-order valence-corrected chi connectivity index (χ1v) is 6.29. The summed E-state index contributed by atoms with van der Waals surface area (Å²) in [6.07, 6.45) is 2.64. The first-order chi connectivity index (χ1) is 8.30. The van der Waals surface area contributed by atoms with Gasteiger partial charge in [0.2, 0.25) is 0 Å². The van der Waals surface area contributed by atoms with E-state index in [1.807, 2.05) is 33.8 Å². The van der Waals surface area contributed by atoms with Gasteiger partial charge in [-0.25, -0.2) is 0 Å². The third kappa shape index (κ3) is 2.35. The van der Waals surface area contributed by atoms with Crippen molar-refractivity contribution in [3.63, 3.8) is 0 Å². The second-order valence-electron chi connectivity index (χ2n) is 6.10. The van der Waals surface area contributed by atoms with E-state index >= 15 is 0 Å². The van der Waals surface area contributed by atoms with Gasteiger partial charge in [0.1, 0.15) is 17.5 Å². The quantitative estimate of drug-likeness (QED) is 0.715. The lowest BCUT2D eigenvalue weighted by molar-refractivity contribution is -0.135. The van der Waals surface area contributed by atoms with Crippen LogP contribution in [0.15, 0.2) is 12.3 Å². The zero-order valence-electron chi connectivity index (χ0n) is 11.4. The molecule has 0 saturated heterocycles. The Morgan fingerprint density at radius 1 is 1.17 bits per heavy atom. The number of ketones is 2. The molecule has 18 heavy (non-hydrogen) atoms. The van der Waals surface area contributed by atoms with Gasteiger partial charge in [0, 0.05) is 19.0 Å². The molecule has 0 unspecified atom stereocenters. The summed E-state index contributed by atoms with van der Waals surface area (Å²) >= 11 is 0. The third-order valence-electron chi connectivity index (χ3n) is 3.48. The molecule has 1 aromatic rings. The maximum absolute atomic E-state index is 12.2. The SMILES string of the molecule is Cc1cnc(C2C(=O)CC(C)(C)CC2=O)c(C)c1. The second-order valence-corrected chi connectivity index (χ2v) is 6.10. The maximum Gasteiger partial charge on any atom is 0.149 e. The zero-order valence-corrected chi connectivity index (χ0v) is 11.4. The summed E-state index contributed by atoms with van der Waals surface area (Å²) in [7, 11) is 0. The molecule has 1 fully saturated rings. The van der Waals surface area contributed by atoms with Crippen molar-refractivity contribution in [1.29, 1.82) is 0 Å². The molecular formula is C15H19NO2. The molecule has 0 spiro atoms. The van der Waals surface area contributed by atoms with Gasteiger partial charge in [-0.2, -0.15) is 0 Å². The van der Waals surface area contributed by atoms with Gasteiger partial charge < -0.3 is 0 Å². The number of hydrogen-bond acceptors (Lipinski definition) is 3. The van der Waals surface area contributed by atoms with Crippen molar-refractivity contribution >= 4 is 11.6 Å². The molecule has 0 amide bonds. The van der Waals surface area contributed by atoms with Crippen LogP contribution in [-0.4, -0.2) is 16.6 Å². The average molecular weight is 245 g/mol. The number of rotatable bonds is 1. The lowest BCUT2D eigenvalue weighted by Crippen LogP contribution is -2.36. The third-order valence-corrected chi connectivity index (χ3v) is 3.48. The summed E-state index contributed by atoms with van der Waals surface area (Å²) < 4.78 is 0. The summed E-state index contributed by atoms with van der Waals surface area (Å²) in [6, 6.07) is 1.97. The normalized spacial score (nSPS) is 20.2. The van der Waals surface area contributed by atoms with Gasteiger partial charge in [-0.3, -0.25) is 14.6 Å². The van der Waals surface area contributed by atoms with Gasteiger partial charge in [0.15, 0.2) is 0 Å². The Kier molecular flexibility index (Phi) is 3.09. The van der Waals surface area contributed by atoms with Gasteiger partial charge in [0.05, 0.1) is 5.69 Å². The predicted octanol–water partition coefficient (Wildman–Crippen LogP) is 2.74. The van der Waals surface area contributed by atoms with Crippen LogP contribution in [0.2, 0.25) is 0 Å². The van der Waals surface area contributed by atoms with E-state index in [9.17, 15) is 9.59 Å². The van der Waals surface area contributed by atoms with Crippen molar-refractivity contribution in [1.82, 2.24) is 4.98 Å². The Labute approximate surface area is 108 Å². The summed E-state index contributed by atoms with van der Waals surface area (Å²) in [4.78, 5) is 28.7. The Morgan fingerprint density at radius 2 is 1.72 bits per heavy atom. The number of carbonyl (C=O) groups excluding carboxylic acids is 2. The Hall–Kier alpha value is -1.51. The molecule has 96 valence electrons. The second kappa shape index (κ2) is 4.30. The van der Waals surface area contributed by atoms with Crippen LogP contribution < -0.4 is 0 Å². The van der Waals surface area contributed by atoms with E-state index < -0.39 is 5.92 Å². The fraction of sp³-hybridized carbons (Fsp3) is 0.533. The molecule has 1 aliphatic rings. The average Bonchev–Trinajstić information content (AvgIpc) is 2.18. The molecule has 0 aliphatic heterocycles. The van der Waals surface area contributed by atoms with Crippen molar-refractivity contribution < 1.29 is 9.59 Å². The van der Waals surface area contributed by atoms with Crippen LogP contribution >= 0.6 is 0 Å². The maximum atomic E-state index is 12.2. The van der Waals surface area contributed by atoms with E-state index in [4.69, 9.17) is 0 Å². The van der Waals surface area contributed by atoms with E-state index in [1.165, 1.54) is 0 Å². The molecule has 0 aromatic carbocycles. The number of nitrogens with zero attached hydrogens (tertiary/aromatic N) is 1. The van der Waals surface area contributed by atoms with E-state index in [1.54, 1.807) is 6.20 Å². The number of Topliss-reactive ketones (excluding diaryl/α,β-unsaturated/α-hetero) is 2. The number of pyridine rings is 1. The van der Waals surface area contributed by atoms with Gasteiger partial charge >= 0.3 is 0 Å². The Bertz CT molecular complexity index is 497. The molecule has 3 heteroatoms. The molecule has 0 bridgehead atoms. The highest BCUT2D eigenvalue weighted by atomic mass is 16.2. The Balaban J connectivity index is 2.39. The summed E-state index contributed by atoms with van der Waals surface area (Å²) in [5.74, 6) is -0.620. The van der Waals surface area contributed by atoms with Gasteiger partial charge in [-0.15, -0.1) is 0 Å². The summed E-state index contributed by atoms with van der Waals surface area (Å²) in [6.45, 7) is 7.80. The fourth-order valence-corrected chi connectivity index (χ4v) is 2.72. The van der Waals surface area contributed by atoms with Crippen molar-refractivity contribution in [3.05, 3.63) is 29.1 Å². The van der Waals surface area contributed by atoms with Crippen LogP contribution in [-0.2, 0) is 9.59 Å².